The zero-order valence-electron chi connectivity index (χ0n) is 72.6. The van der Waals surface area contributed by atoms with Gasteiger partial charge in [-0.1, -0.05) is 322 Å². The summed E-state index contributed by atoms with van der Waals surface area (Å²) < 4.78 is 4.71. The van der Waals surface area contributed by atoms with Crippen LogP contribution in [0, 0.1) is 11.3 Å². The highest BCUT2D eigenvalue weighted by atomic mass is 15.1. The Balaban J connectivity index is 0.802. The number of benzene rings is 17. The van der Waals surface area contributed by atoms with E-state index in [2.05, 4.69) is 130 Å². The van der Waals surface area contributed by atoms with Crippen LogP contribution in [-0.2, 0) is 0 Å². The largest absolute Gasteiger partial charge is 0.309 e. The summed E-state index contributed by atoms with van der Waals surface area (Å²) in [5, 5.41) is 14.3. The number of aromatic nitrogens is 17. The lowest BCUT2D eigenvalue weighted by atomic mass is 9.93. The van der Waals surface area contributed by atoms with Crippen LogP contribution in [0.1, 0.15) is 5.56 Å². The molecule has 7 aromatic heterocycles. The van der Waals surface area contributed by atoms with Crippen molar-refractivity contribution in [2.75, 3.05) is 0 Å². The van der Waals surface area contributed by atoms with Crippen LogP contribution in [0.2, 0.25) is 0 Å². The summed E-state index contributed by atoms with van der Waals surface area (Å²) in [6.45, 7) is 0. The molecule has 24 rings (SSSR count). The number of hydrogen-bond donors (Lipinski definition) is 0. The maximum Gasteiger partial charge on any atom is 0.164 e. The minimum Gasteiger partial charge on any atom is -0.309 e. The van der Waals surface area contributed by atoms with Gasteiger partial charge in [0, 0.05) is 116 Å². The summed E-state index contributed by atoms with van der Waals surface area (Å²) in [4.78, 5) is 79.6. The smallest absolute Gasteiger partial charge is 0.164 e. The molecule has 0 spiro atoms. The monoisotopic (exact) mass is 1740 g/mol. The van der Waals surface area contributed by atoms with E-state index < -0.39 is 0 Å². The molecule has 24 aromatic rings. The first-order valence-electron chi connectivity index (χ1n) is 44.6. The molecular weight excluding hydrogens is 1670 g/mol. The maximum absolute atomic E-state index is 10.8. The van der Waals surface area contributed by atoms with Gasteiger partial charge in [0.2, 0.25) is 0 Å². The Bertz CT molecular complexity index is 8100. The van der Waals surface area contributed by atoms with Gasteiger partial charge in [-0.05, 0) is 126 Å². The van der Waals surface area contributed by atoms with Gasteiger partial charge in [-0.25, -0.2) is 74.8 Å². The minimum atomic E-state index is 0.436. The first kappa shape index (κ1) is 80.2. The molecule has 7 heterocycles. The van der Waals surface area contributed by atoms with Crippen LogP contribution in [0.3, 0.4) is 0 Å². The fraction of sp³-hybridized carbons (Fsp3) is 0. The van der Waals surface area contributed by atoms with Gasteiger partial charge >= 0.3 is 0 Å². The second-order valence-corrected chi connectivity index (χ2v) is 32.9. The van der Waals surface area contributed by atoms with E-state index in [1.807, 2.05) is 322 Å². The summed E-state index contributed by atoms with van der Waals surface area (Å²) in [6, 6.07) is 150. The second-order valence-electron chi connectivity index (χ2n) is 32.9. The maximum atomic E-state index is 10.8. The van der Waals surface area contributed by atoms with E-state index in [-0.39, 0.29) is 0 Å². The topological polar surface area (TPSA) is 227 Å². The van der Waals surface area contributed by atoms with E-state index in [0.29, 0.717) is 98.5 Å². The Hall–Kier alpha value is -19.1. The molecule has 0 aliphatic rings. The molecule has 0 saturated heterocycles. The van der Waals surface area contributed by atoms with Crippen LogP contribution in [-0.4, -0.2) is 83.9 Å². The SMILES string of the molecule is N#Cc1cccc(-c2ccc(-n3c4ccc(-c5nc(-c6ccccc6)nc(-c6ccccc6)n5)cc4c4cc(-c5nc(-c6ccccc6)nc(-c6ccccc6)n5)ccc43)c(-c3cc(-c4nc(-c5ccccc5)nc(-c5ccccc5)n4)ccc3-n3c4ccc(-c5nc(-c6ccccc6)nc(-c6ccccc6)n5)cc4c4cc(-c5nc(-c6ccccc6)nc(-c6ccccc6)n5)ccc43)c2)c1. The van der Waals surface area contributed by atoms with E-state index in [0.717, 1.165) is 155 Å². The van der Waals surface area contributed by atoms with Gasteiger partial charge in [0.25, 0.3) is 0 Å². The molecule has 634 valence electrons. The molecule has 17 aromatic carbocycles. The van der Waals surface area contributed by atoms with Gasteiger partial charge in [-0.3, -0.25) is 0 Å². The molecule has 0 radical (unpaired) electrons. The molecule has 18 heteroatoms. The molecular formula is C118H72N18. The summed E-state index contributed by atoms with van der Waals surface area (Å²) >= 11 is 0. The van der Waals surface area contributed by atoms with Crippen LogP contribution in [0.4, 0.5) is 0 Å². The van der Waals surface area contributed by atoms with Crippen molar-refractivity contribution in [3.05, 3.63) is 442 Å². The molecule has 0 N–H and O–H groups in total. The van der Waals surface area contributed by atoms with Crippen molar-refractivity contribution in [1.82, 2.24) is 83.9 Å². The Morgan fingerprint density at radius 3 is 0.529 bits per heavy atom. The quantitative estimate of drug-likeness (QED) is 0.0733. The predicted molar refractivity (Wildman–Crippen MR) is 539 cm³/mol. The normalized spacial score (nSPS) is 11.4. The fourth-order valence-electron chi connectivity index (χ4n) is 17.8. The second kappa shape index (κ2) is 34.7. The Kier molecular flexibility index (Phi) is 20.5. The molecule has 0 fully saturated rings. The van der Waals surface area contributed by atoms with Crippen LogP contribution in [0.15, 0.2) is 437 Å². The van der Waals surface area contributed by atoms with Crippen molar-refractivity contribution < 1.29 is 0 Å². The third-order valence-corrected chi connectivity index (χ3v) is 24.4. The zero-order valence-corrected chi connectivity index (χ0v) is 72.6. The molecule has 0 aliphatic heterocycles. The van der Waals surface area contributed by atoms with Gasteiger partial charge in [-0.15, -0.1) is 0 Å². The predicted octanol–water partition coefficient (Wildman–Crippen LogP) is 27.0. The molecule has 0 aliphatic carbocycles. The standard InChI is InChI=1S/C118H72N18/c119-73-74-32-31-53-85(66-74)86-54-60-98(135-100-62-56-88(115-127-106(77-37-15-3-16-38-77)121-107(128-115)78-39-17-4-18-40-78)69-94(100)95-70-89(57-63-101(95)135)116-129-108(79-41-19-5-20-42-79)122-109(130-116)80-43-21-6-22-44-80)92(67-86)93-68-87(114-125-104(75-33-11-1-12-34-75)120-105(126-114)76-35-13-2-14-36-76)55-61-99(93)136-102-64-58-90(117-131-110(81-45-23-7-24-46-81)123-111(132-117)82-47-25-8-26-48-82)71-96(102)97-72-91(59-65-103(97)136)118-133-112(83-49-27-9-28-50-83)124-113(134-118)84-51-29-10-30-52-84/h1-72H. The third kappa shape index (κ3) is 15.4. The van der Waals surface area contributed by atoms with E-state index in [1.54, 1.807) is 0 Å². The van der Waals surface area contributed by atoms with Gasteiger partial charge in [-0.2, -0.15) is 5.26 Å². The minimum absolute atomic E-state index is 0.436. The number of hydrogen-bond acceptors (Lipinski definition) is 16. The van der Waals surface area contributed by atoms with Crippen LogP contribution in [0.5, 0.6) is 0 Å². The fourth-order valence-corrected chi connectivity index (χ4v) is 17.8. The van der Waals surface area contributed by atoms with E-state index in [9.17, 15) is 5.26 Å². The molecule has 0 bridgehead atoms. The lowest BCUT2D eigenvalue weighted by Crippen LogP contribution is -2.04. The van der Waals surface area contributed by atoms with Gasteiger partial charge < -0.3 is 9.13 Å². The van der Waals surface area contributed by atoms with Crippen molar-refractivity contribution in [2.24, 2.45) is 0 Å². The Labute approximate surface area is 780 Å². The van der Waals surface area contributed by atoms with E-state index >= 15 is 0 Å². The first-order valence-corrected chi connectivity index (χ1v) is 44.6. The summed E-state index contributed by atoms with van der Waals surface area (Å²) in [6.07, 6.45) is 0. The van der Waals surface area contributed by atoms with E-state index in [4.69, 9.17) is 74.8 Å². The number of nitriles is 1. The highest BCUT2D eigenvalue weighted by Gasteiger charge is 2.28. The summed E-state index contributed by atoms with van der Waals surface area (Å²) in [7, 11) is 0. The lowest BCUT2D eigenvalue weighted by Gasteiger charge is -2.21. The van der Waals surface area contributed by atoms with Gasteiger partial charge in [0.05, 0.1) is 45.1 Å². The molecule has 0 saturated carbocycles. The van der Waals surface area contributed by atoms with E-state index in [1.165, 1.54) is 0 Å². The molecule has 136 heavy (non-hydrogen) atoms. The number of nitrogens with zero attached hydrogens (tertiary/aromatic N) is 18. The van der Waals surface area contributed by atoms with Gasteiger partial charge in [0.1, 0.15) is 0 Å². The Morgan fingerprint density at radius 1 is 0.147 bits per heavy atom. The van der Waals surface area contributed by atoms with Crippen LogP contribution < -0.4 is 0 Å². The molecule has 0 atom stereocenters. The van der Waals surface area contributed by atoms with Crippen LogP contribution >= 0.6 is 0 Å². The van der Waals surface area contributed by atoms with Crippen molar-refractivity contribution in [1.29, 1.82) is 5.26 Å². The zero-order chi connectivity index (χ0) is 90.4. The van der Waals surface area contributed by atoms with Crippen molar-refractivity contribution in [2.45, 2.75) is 0 Å². The third-order valence-electron chi connectivity index (χ3n) is 24.4. The first-order chi connectivity index (χ1) is 67.3. The van der Waals surface area contributed by atoms with Crippen molar-refractivity contribution in [3.8, 4) is 211 Å². The van der Waals surface area contributed by atoms with Crippen molar-refractivity contribution in [3.63, 3.8) is 0 Å². The summed E-state index contributed by atoms with van der Waals surface area (Å²) in [5.41, 5.74) is 20.8. The van der Waals surface area contributed by atoms with Crippen molar-refractivity contribution >= 4 is 43.6 Å². The van der Waals surface area contributed by atoms with Crippen LogP contribution in [0.25, 0.3) is 248 Å². The highest BCUT2D eigenvalue weighted by molar-refractivity contribution is 6.14. The number of fused-ring (bicyclic) bond motifs is 6. The highest BCUT2D eigenvalue weighted by Crippen LogP contribution is 2.47. The van der Waals surface area contributed by atoms with Gasteiger partial charge in [0.15, 0.2) is 87.4 Å². The lowest BCUT2D eigenvalue weighted by molar-refractivity contribution is 1.07. The molecule has 0 unspecified atom stereocenters. The summed E-state index contributed by atoms with van der Waals surface area (Å²) in [5.74, 6) is 7.57. The molecule has 18 nitrogen and oxygen atoms in total. The Morgan fingerprint density at radius 2 is 0.316 bits per heavy atom. The average Bonchev–Trinajstić information content (AvgIpc) is 1.61. The molecule has 0 amide bonds. The average molecular weight is 1740 g/mol. The number of rotatable bonds is 19.